The van der Waals surface area contributed by atoms with Gasteiger partial charge in [-0.15, -0.1) is 0 Å². The zero-order chi connectivity index (χ0) is 20.4. The van der Waals surface area contributed by atoms with Crippen molar-refractivity contribution < 1.29 is 14.4 Å². The maximum atomic E-state index is 13.0. The molecule has 1 unspecified atom stereocenters. The first-order valence-electron chi connectivity index (χ1n) is 10.7. The number of likely N-dealkylation sites (tertiary alicyclic amines) is 1. The van der Waals surface area contributed by atoms with Crippen LogP contribution in [0.15, 0.2) is 24.3 Å². The minimum atomic E-state index is -0.605. The minimum Gasteiger partial charge on any atom is -0.332 e. The average molecular weight is 413 g/mol. The highest BCUT2D eigenvalue weighted by Crippen LogP contribution is 2.30. The lowest BCUT2D eigenvalue weighted by molar-refractivity contribution is -0.138. The van der Waals surface area contributed by atoms with Crippen molar-refractivity contribution in [2.75, 3.05) is 13.1 Å². The van der Waals surface area contributed by atoms with Crippen molar-refractivity contribution in [3.8, 4) is 0 Å². The number of hydrogen-bond donors (Lipinski definition) is 1. The molecule has 1 aromatic rings. The molecule has 0 radical (unpaired) electrons. The fourth-order valence-electron chi connectivity index (χ4n) is 5.18. The van der Waals surface area contributed by atoms with Crippen molar-refractivity contribution >= 4 is 35.1 Å². The fourth-order valence-corrected chi connectivity index (χ4v) is 5.53. The SMILES string of the molecule is O=C[C@@H]1CCCN1C(=O)[C@H]1NCC(=S)C1C(=O)CCCC1Cc2ccccc2C1. The highest BCUT2D eigenvalue weighted by molar-refractivity contribution is 7.80. The number of benzene rings is 1. The molecule has 5 nitrogen and oxygen atoms in total. The summed E-state index contributed by atoms with van der Waals surface area (Å²) < 4.78 is 0. The zero-order valence-electron chi connectivity index (χ0n) is 16.6. The summed E-state index contributed by atoms with van der Waals surface area (Å²) in [5.41, 5.74) is 2.87. The quantitative estimate of drug-likeness (QED) is 0.550. The first kappa shape index (κ1) is 20.4. The first-order chi connectivity index (χ1) is 14.1. The van der Waals surface area contributed by atoms with Gasteiger partial charge in [-0.3, -0.25) is 9.59 Å². The molecule has 0 aromatic heterocycles. The second-order valence-electron chi connectivity index (χ2n) is 8.58. The van der Waals surface area contributed by atoms with Gasteiger partial charge in [0, 0.05) is 24.4 Å². The molecule has 2 aliphatic heterocycles. The topological polar surface area (TPSA) is 66.5 Å². The molecule has 0 spiro atoms. The minimum absolute atomic E-state index is 0.0655. The van der Waals surface area contributed by atoms with E-state index in [1.807, 2.05) is 0 Å². The van der Waals surface area contributed by atoms with Gasteiger partial charge in [0.1, 0.15) is 18.1 Å². The van der Waals surface area contributed by atoms with Gasteiger partial charge in [0.05, 0.1) is 12.0 Å². The smallest absolute Gasteiger partial charge is 0.241 e. The molecule has 2 saturated heterocycles. The van der Waals surface area contributed by atoms with Gasteiger partial charge >= 0.3 is 0 Å². The highest BCUT2D eigenvalue weighted by Gasteiger charge is 2.44. The standard InChI is InChI=1S/C23H28N2O3S/c26-14-18-8-4-10-25(18)23(28)22-21(20(29)13-24-22)19(27)9-3-5-15-11-16-6-1-2-7-17(16)12-15/h1-2,6-7,14-15,18,21-22,24H,3-5,8-13H2/t18-,21?,22-/m0/s1. The Balaban J connectivity index is 1.31. The number of ketones is 1. The second-order valence-corrected chi connectivity index (χ2v) is 9.11. The van der Waals surface area contributed by atoms with Crippen LogP contribution in [0.4, 0.5) is 0 Å². The van der Waals surface area contributed by atoms with E-state index in [1.54, 1.807) is 4.90 Å². The van der Waals surface area contributed by atoms with Crippen LogP contribution in [0.2, 0.25) is 0 Å². The largest absolute Gasteiger partial charge is 0.332 e. The van der Waals surface area contributed by atoms with E-state index in [0.29, 0.717) is 36.7 Å². The van der Waals surface area contributed by atoms with E-state index in [0.717, 1.165) is 38.4 Å². The van der Waals surface area contributed by atoms with Crippen LogP contribution in [0.3, 0.4) is 0 Å². The number of nitrogens with zero attached hydrogens (tertiary/aromatic N) is 1. The summed E-state index contributed by atoms with van der Waals surface area (Å²) in [4.78, 5) is 39.4. The number of thiocarbonyl (C=S) groups is 1. The number of amides is 1. The van der Waals surface area contributed by atoms with Crippen LogP contribution in [0.5, 0.6) is 0 Å². The van der Waals surface area contributed by atoms with E-state index in [4.69, 9.17) is 12.2 Å². The molecule has 3 aliphatic rings. The monoisotopic (exact) mass is 412 g/mol. The van der Waals surface area contributed by atoms with Crippen LogP contribution in [0.1, 0.15) is 43.2 Å². The number of fused-ring (bicyclic) bond motifs is 1. The third kappa shape index (κ3) is 4.19. The van der Waals surface area contributed by atoms with Crippen molar-refractivity contribution in [1.82, 2.24) is 10.2 Å². The summed E-state index contributed by atoms with van der Waals surface area (Å²) in [6.07, 6.45) is 6.87. The lowest BCUT2D eigenvalue weighted by Crippen LogP contribution is -2.50. The Morgan fingerprint density at radius 3 is 2.62 bits per heavy atom. The van der Waals surface area contributed by atoms with Gasteiger partial charge in [0.2, 0.25) is 5.91 Å². The molecule has 3 atom stereocenters. The van der Waals surface area contributed by atoms with Crippen LogP contribution >= 0.6 is 12.2 Å². The third-order valence-electron chi connectivity index (χ3n) is 6.70. The number of carbonyl (C=O) groups excluding carboxylic acids is 3. The molecule has 154 valence electrons. The van der Waals surface area contributed by atoms with Crippen molar-refractivity contribution in [1.29, 1.82) is 0 Å². The molecular weight excluding hydrogens is 384 g/mol. The Morgan fingerprint density at radius 1 is 1.21 bits per heavy atom. The maximum Gasteiger partial charge on any atom is 0.241 e. The van der Waals surface area contributed by atoms with Crippen molar-refractivity contribution in [3.05, 3.63) is 35.4 Å². The Labute approximate surface area is 177 Å². The summed E-state index contributed by atoms with van der Waals surface area (Å²) in [5.74, 6) is -0.0184. The van der Waals surface area contributed by atoms with Crippen molar-refractivity contribution in [3.63, 3.8) is 0 Å². The van der Waals surface area contributed by atoms with Gasteiger partial charge in [-0.2, -0.15) is 0 Å². The molecule has 0 bridgehead atoms. The summed E-state index contributed by atoms with van der Waals surface area (Å²) in [5, 5.41) is 3.13. The van der Waals surface area contributed by atoms with Crippen molar-refractivity contribution in [2.45, 2.75) is 57.0 Å². The summed E-state index contributed by atoms with van der Waals surface area (Å²) in [6, 6.07) is 7.61. The normalized spacial score (nSPS) is 26.7. The average Bonchev–Trinajstić information content (AvgIpc) is 3.44. The lowest BCUT2D eigenvalue weighted by atomic mass is 9.89. The molecule has 1 amide bonds. The predicted molar refractivity (Wildman–Crippen MR) is 115 cm³/mol. The van der Waals surface area contributed by atoms with E-state index in [-0.39, 0.29) is 17.7 Å². The van der Waals surface area contributed by atoms with Crippen LogP contribution in [-0.2, 0) is 27.2 Å². The summed E-state index contributed by atoms with van der Waals surface area (Å²) in [7, 11) is 0. The first-order valence-corrected chi connectivity index (χ1v) is 11.1. The highest BCUT2D eigenvalue weighted by atomic mass is 32.1. The number of hydrogen-bond acceptors (Lipinski definition) is 5. The number of carbonyl (C=O) groups is 3. The molecule has 6 heteroatoms. The van der Waals surface area contributed by atoms with Crippen LogP contribution in [0, 0.1) is 11.8 Å². The molecule has 1 aliphatic carbocycles. The van der Waals surface area contributed by atoms with E-state index < -0.39 is 12.0 Å². The fraction of sp³-hybridized carbons (Fsp3) is 0.565. The maximum absolute atomic E-state index is 13.0. The van der Waals surface area contributed by atoms with Gasteiger partial charge in [-0.05, 0) is 55.6 Å². The predicted octanol–water partition coefficient (Wildman–Crippen LogP) is 2.29. The van der Waals surface area contributed by atoms with Gasteiger partial charge in [-0.25, -0.2) is 0 Å². The summed E-state index contributed by atoms with van der Waals surface area (Å²) in [6.45, 7) is 0.996. The lowest BCUT2D eigenvalue weighted by Gasteiger charge is -2.26. The Hall–Kier alpha value is -1.92. The number of Topliss-reactive ketones (excluding diaryl/α,β-unsaturated/α-hetero) is 1. The van der Waals surface area contributed by atoms with Gasteiger partial charge < -0.3 is 15.0 Å². The van der Waals surface area contributed by atoms with Gasteiger partial charge in [0.15, 0.2) is 0 Å². The Bertz CT molecular complexity index is 799. The van der Waals surface area contributed by atoms with Crippen LogP contribution in [-0.4, -0.2) is 52.9 Å². The van der Waals surface area contributed by atoms with Gasteiger partial charge in [-0.1, -0.05) is 36.5 Å². The van der Waals surface area contributed by atoms with E-state index in [2.05, 4.69) is 29.6 Å². The van der Waals surface area contributed by atoms with E-state index in [9.17, 15) is 14.4 Å². The molecule has 2 fully saturated rings. The van der Waals surface area contributed by atoms with E-state index in [1.165, 1.54) is 11.1 Å². The second kappa shape index (κ2) is 8.84. The van der Waals surface area contributed by atoms with Gasteiger partial charge in [0.25, 0.3) is 0 Å². The van der Waals surface area contributed by atoms with E-state index >= 15 is 0 Å². The Morgan fingerprint density at radius 2 is 1.93 bits per heavy atom. The summed E-state index contributed by atoms with van der Waals surface area (Å²) >= 11 is 5.43. The Kier molecular flexibility index (Phi) is 6.20. The molecule has 1 aromatic carbocycles. The number of rotatable bonds is 7. The molecule has 2 heterocycles. The molecule has 0 saturated carbocycles. The number of nitrogens with one attached hydrogen (secondary N) is 1. The molecule has 4 rings (SSSR count). The molecule has 29 heavy (non-hydrogen) atoms. The molecular formula is C23H28N2O3S. The van der Waals surface area contributed by atoms with Crippen LogP contribution in [0.25, 0.3) is 0 Å². The van der Waals surface area contributed by atoms with Crippen LogP contribution < -0.4 is 5.32 Å². The third-order valence-corrected chi connectivity index (χ3v) is 7.10. The zero-order valence-corrected chi connectivity index (χ0v) is 17.5. The molecule has 1 N–H and O–H groups in total. The number of aldehydes is 1. The van der Waals surface area contributed by atoms with Crippen molar-refractivity contribution in [2.24, 2.45) is 11.8 Å².